The van der Waals surface area contributed by atoms with Crippen molar-refractivity contribution >= 4 is 11.6 Å². The Hall–Kier alpha value is -1.35. The lowest BCUT2D eigenvalue weighted by molar-refractivity contribution is -0.117. The lowest BCUT2D eigenvalue weighted by atomic mass is 9.92. The summed E-state index contributed by atoms with van der Waals surface area (Å²) in [7, 11) is 0. The van der Waals surface area contributed by atoms with E-state index in [0.29, 0.717) is 12.5 Å². The van der Waals surface area contributed by atoms with E-state index in [4.69, 9.17) is 0 Å². The summed E-state index contributed by atoms with van der Waals surface area (Å²) in [4.78, 5) is 11.8. The fraction of sp³-hybridized carbons (Fsp3) is 0.562. The number of hydrogen-bond acceptors (Lipinski definition) is 2. The summed E-state index contributed by atoms with van der Waals surface area (Å²) in [5.41, 5.74) is 2.11. The van der Waals surface area contributed by atoms with Crippen molar-refractivity contribution in [1.29, 1.82) is 0 Å². The van der Waals surface area contributed by atoms with E-state index < -0.39 is 0 Å². The molecule has 0 heterocycles. The lowest BCUT2D eigenvalue weighted by Crippen LogP contribution is -2.22. The molecule has 2 N–H and O–H groups in total. The van der Waals surface area contributed by atoms with Gasteiger partial charge in [-0.1, -0.05) is 46.8 Å². The van der Waals surface area contributed by atoms with Crippen LogP contribution in [0.3, 0.4) is 0 Å². The maximum absolute atomic E-state index is 11.8. The first kappa shape index (κ1) is 15.7. The van der Waals surface area contributed by atoms with Gasteiger partial charge in [-0.3, -0.25) is 4.79 Å². The third kappa shape index (κ3) is 6.97. The Bertz CT molecular complexity index is 402. The van der Waals surface area contributed by atoms with Gasteiger partial charge in [-0.05, 0) is 23.1 Å². The lowest BCUT2D eigenvalue weighted by Gasteiger charge is -2.17. The average molecular weight is 262 g/mol. The molecule has 3 nitrogen and oxygen atoms in total. The normalized spacial score (nSPS) is 11.7. The van der Waals surface area contributed by atoms with Crippen molar-refractivity contribution in [2.45, 2.75) is 53.6 Å². The molecular formula is C16H26N2O. The van der Waals surface area contributed by atoms with Crippen LogP contribution in [0.4, 0.5) is 5.69 Å². The van der Waals surface area contributed by atoms with Crippen LogP contribution in [0.15, 0.2) is 24.3 Å². The highest BCUT2D eigenvalue weighted by atomic mass is 16.1. The van der Waals surface area contributed by atoms with Gasteiger partial charge in [0.15, 0.2) is 0 Å². The van der Waals surface area contributed by atoms with Crippen LogP contribution in [0.25, 0.3) is 0 Å². The molecule has 0 aliphatic rings. The summed E-state index contributed by atoms with van der Waals surface area (Å²) in [5, 5.41) is 6.30. The predicted molar refractivity (Wildman–Crippen MR) is 81.1 cm³/mol. The molecule has 1 aromatic carbocycles. The molecular weight excluding hydrogens is 236 g/mol. The van der Waals surface area contributed by atoms with Crippen LogP contribution in [0.5, 0.6) is 0 Å². The van der Waals surface area contributed by atoms with Crippen molar-refractivity contribution in [1.82, 2.24) is 5.32 Å². The second-order valence-electron chi connectivity index (χ2n) is 6.52. The molecule has 19 heavy (non-hydrogen) atoms. The van der Waals surface area contributed by atoms with Crippen molar-refractivity contribution in [2.75, 3.05) is 5.32 Å². The summed E-state index contributed by atoms with van der Waals surface area (Å²) in [5.74, 6) is 0.0700. The smallest absolute Gasteiger partial charge is 0.224 e. The second-order valence-corrected chi connectivity index (χ2v) is 6.52. The summed E-state index contributed by atoms with van der Waals surface area (Å²) in [6.45, 7) is 11.3. The highest BCUT2D eigenvalue weighted by Crippen LogP contribution is 2.19. The Morgan fingerprint density at radius 3 is 2.21 bits per heavy atom. The van der Waals surface area contributed by atoms with Gasteiger partial charge in [0.2, 0.25) is 5.91 Å². The Labute approximate surface area is 116 Å². The van der Waals surface area contributed by atoms with E-state index in [9.17, 15) is 4.79 Å². The monoisotopic (exact) mass is 262 g/mol. The third-order valence-corrected chi connectivity index (χ3v) is 2.64. The Morgan fingerprint density at radius 2 is 1.74 bits per heavy atom. The summed E-state index contributed by atoms with van der Waals surface area (Å²) >= 11 is 0. The van der Waals surface area contributed by atoms with Crippen molar-refractivity contribution in [2.24, 2.45) is 5.41 Å². The Kier molecular flexibility index (Phi) is 5.55. The van der Waals surface area contributed by atoms with E-state index in [1.54, 1.807) is 0 Å². The number of benzene rings is 1. The molecule has 0 aliphatic heterocycles. The molecule has 0 atom stereocenters. The minimum Gasteiger partial charge on any atom is -0.326 e. The Morgan fingerprint density at radius 1 is 1.16 bits per heavy atom. The molecule has 0 aliphatic carbocycles. The van der Waals surface area contributed by atoms with E-state index in [2.05, 4.69) is 45.3 Å². The topological polar surface area (TPSA) is 41.1 Å². The summed E-state index contributed by atoms with van der Waals surface area (Å²) in [6, 6.07) is 8.48. The zero-order valence-electron chi connectivity index (χ0n) is 12.7. The maximum Gasteiger partial charge on any atom is 0.224 e. The zero-order valence-corrected chi connectivity index (χ0v) is 12.7. The van der Waals surface area contributed by atoms with Crippen LogP contribution in [0.1, 0.15) is 46.6 Å². The van der Waals surface area contributed by atoms with Crippen LogP contribution in [-0.2, 0) is 11.3 Å². The molecule has 0 aromatic heterocycles. The fourth-order valence-corrected chi connectivity index (χ4v) is 1.71. The van der Waals surface area contributed by atoms with Crippen molar-refractivity contribution < 1.29 is 4.79 Å². The van der Waals surface area contributed by atoms with Crippen LogP contribution in [0, 0.1) is 5.41 Å². The minimum atomic E-state index is 0.0191. The molecule has 0 saturated heterocycles. The number of amides is 1. The van der Waals surface area contributed by atoms with E-state index >= 15 is 0 Å². The number of hydrogen-bond donors (Lipinski definition) is 2. The van der Waals surface area contributed by atoms with E-state index in [-0.39, 0.29) is 11.3 Å². The number of carbonyl (C=O) groups is 1. The van der Waals surface area contributed by atoms with Gasteiger partial charge in [0.1, 0.15) is 0 Å². The SMILES string of the molecule is CC(C)NCc1ccc(NC(=O)CC(C)(C)C)cc1. The van der Waals surface area contributed by atoms with E-state index in [0.717, 1.165) is 12.2 Å². The number of anilines is 1. The molecule has 1 amide bonds. The first-order valence-corrected chi connectivity index (χ1v) is 6.88. The van der Waals surface area contributed by atoms with Crippen LogP contribution < -0.4 is 10.6 Å². The number of nitrogens with one attached hydrogen (secondary N) is 2. The largest absolute Gasteiger partial charge is 0.326 e. The van der Waals surface area contributed by atoms with Crippen LogP contribution >= 0.6 is 0 Å². The second kappa shape index (κ2) is 6.71. The molecule has 0 bridgehead atoms. The van der Waals surface area contributed by atoms with Crippen molar-refractivity contribution in [3.8, 4) is 0 Å². The quantitative estimate of drug-likeness (QED) is 0.852. The van der Waals surface area contributed by atoms with Gasteiger partial charge < -0.3 is 10.6 Å². The minimum absolute atomic E-state index is 0.0191. The molecule has 3 heteroatoms. The fourth-order valence-electron chi connectivity index (χ4n) is 1.71. The molecule has 106 valence electrons. The van der Waals surface area contributed by atoms with Crippen LogP contribution in [0.2, 0.25) is 0 Å². The van der Waals surface area contributed by atoms with Crippen molar-refractivity contribution in [3.05, 3.63) is 29.8 Å². The van der Waals surface area contributed by atoms with Crippen molar-refractivity contribution in [3.63, 3.8) is 0 Å². The van der Waals surface area contributed by atoms with E-state index in [1.165, 1.54) is 5.56 Å². The zero-order chi connectivity index (χ0) is 14.5. The predicted octanol–water partition coefficient (Wildman–Crippen LogP) is 3.56. The molecule has 0 spiro atoms. The van der Waals surface area contributed by atoms with Crippen LogP contribution in [-0.4, -0.2) is 11.9 Å². The van der Waals surface area contributed by atoms with Gasteiger partial charge in [0.05, 0.1) is 0 Å². The standard InChI is InChI=1S/C16H26N2O/c1-12(2)17-11-13-6-8-14(9-7-13)18-15(19)10-16(3,4)5/h6-9,12,17H,10-11H2,1-5H3,(H,18,19). The number of carbonyl (C=O) groups excluding carboxylic acids is 1. The van der Waals surface area contributed by atoms with Gasteiger partial charge in [0.25, 0.3) is 0 Å². The third-order valence-electron chi connectivity index (χ3n) is 2.64. The first-order valence-electron chi connectivity index (χ1n) is 6.88. The Balaban J connectivity index is 2.50. The average Bonchev–Trinajstić information content (AvgIpc) is 2.25. The molecule has 1 rings (SSSR count). The van der Waals surface area contributed by atoms with Gasteiger partial charge >= 0.3 is 0 Å². The highest BCUT2D eigenvalue weighted by molar-refractivity contribution is 5.91. The maximum atomic E-state index is 11.8. The van der Waals surface area contributed by atoms with Gasteiger partial charge in [-0.15, -0.1) is 0 Å². The number of rotatable bonds is 5. The molecule has 0 radical (unpaired) electrons. The molecule has 0 fully saturated rings. The summed E-state index contributed by atoms with van der Waals surface area (Å²) in [6.07, 6.45) is 0.531. The molecule has 0 unspecified atom stereocenters. The highest BCUT2D eigenvalue weighted by Gasteiger charge is 2.15. The summed E-state index contributed by atoms with van der Waals surface area (Å²) < 4.78 is 0. The van der Waals surface area contributed by atoms with E-state index in [1.807, 2.05) is 24.3 Å². The first-order chi connectivity index (χ1) is 8.76. The molecule has 1 aromatic rings. The molecule has 0 saturated carbocycles. The van der Waals surface area contributed by atoms with Gasteiger partial charge in [-0.25, -0.2) is 0 Å². The van der Waals surface area contributed by atoms with Gasteiger partial charge in [0, 0.05) is 24.7 Å². The van der Waals surface area contributed by atoms with Gasteiger partial charge in [-0.2, -0.15) is 0 Å².